The molecule has 1 aromatic rings. The largest absolute Gasteiger partial charge is 0.361 e. The molecular weight excluding hydrogens is 279 g/mol. The third-order valence-electron chi connectivity index (χ3n) is 2.20. The molecule has 0 N–H and O–H groups in total. The first-order valence-corrected chi connectivity index (χ1v) is 5.96. The summed E-state index contributed by atoms with van der Waals surface area (Å²) < 4.78 is 13.2. The molecule has 0 bridgehead atoms. The Bertz CT molecular complexity index is 573. The fourth-order valence-electron chi connectivity index (χ4n) is 1.37. The highest BCUT2D eigenvalue weighted by Crippen LogP contribution is 2.27. The molecular formula is C14H16ClFN4. The maximum absolute atomic E-state index is 13.2. The Morgan fingerprint density at radius 1 is 1.40 bits per heavy atom. The monoisotopic (exact) mass is 294 g/mol. The summed E-state index contributed by atoms with van der Waals surface area (Å²) in [6.07, 6.45) is 1.50. The average Bonchev–Trinajstić information content (AvgIpc) is 2.40. The van der Waals surface area contributed by atoms with Gasteiger partial charge in [-0.05, 0) is 6.92 Å². The lowest BCUT2D eigenvalue weighted by molar-refractivity contribution is 0.675. The molecule has 0 aliphatic rings. The van der Waals surface area contributed by atoms with Gasteiger partial charge in [-0.1, -0.05) is 24.3 Å². The molecule has 106 valence electrons. The number of allylic oxidation sites excluding steroid dienone is 3. The molecule has 4 nitrogen and oxygen atoms in total. The maximum Gasteiger partial charge on any atom is 0.165 e. The number of hydrogen-bond acceptors (Lipinski definition) is 4. The van der Waals surface area contributed by atoms with Gasteiger partial charge in [0.15, 0.2) is 16.8 Å². The van der Waals surface area contributed by atoms with Gasteiger partial charge in [-0.2, -0.15) is 5.26 Å². The lowest BCUT2D eigenvalue weighted by Crippen LogP contribution is -2.15. The molecule has 0 fully saturated rings. The first kappa shape index (κ1) is 17.8. The van der Waals surface area contributed by atoms with Gasteiger partial charge in [-0.25, -0.2) is 14.4 Å². The average molecular weight is 295 g/mol. The van der Waals surface area contributed by atoms with Crippen molar-refractivity contribution in [1.29, 1.82) is 5.26 Å². The molecule has 0 amide bonds. The topological polar surface area (TPSA) is 52.8 Å². The predicted molar refractivity (Wildman–Crippen MR) is 81.2 cm³/mol. The van der Waals surface area contributed by atoms with E-state index in [1.807, 2.05) is 6.07 Å². The first-order chi connectivity index (χ1) is 9.42. The van der Waals surface area contributed by atoms with E-state index < -0.39 is 5.83 Å². The summed E-state index contributed by atoms with van der Waals surface area (Å²) >= 11 is 5.90. The van der Waals surface area contributed by atoms with E-state index in [4.69, 9.17) is 16.9 Å². The quantitative estimate of drug-likeness (QED) is 0.484. The molecule has 0 unspecified atom stereocenters. The summed E-state index contributed by atoms with van der Waals surface area (Å²) in [6, 6.07) is 1.92. The summed E-state index contributed by atoms with van der Waals surface area (Å²) in [5.41, 5.74) is 0.315. The van der Waals surface area contributed by atoms with Crippen molar-refractivity contribution in [1.82, 2.24) is 9.97 Å². The Labute approximate surface area is 123 Å². The van der Waals surface area contributed by atoms with E-state index in [1.165, 1.54) is 6.08 Å². The molecule has 6 heteroatoms. The van der Waals surface area contributed by atoms with Crippen LogP contribution >= 0.6 is 11.6 Å². The van der Waals surface area contributed by atoms with Gasteiger partial charge in [0, 0.05) is 14.1 Å². The summed E-state index contributed by atoms with van der Waals surface area (Å²) in [6.45, 7) is 10.9. The van der Waals surface area contributed by atoms with Crippen LogP contribution in [0.4, 0.5) is 10.2 Å². The van der Waals surface area contributed by atoms with Crippen LogP contribution < -0.4 is 4.90 Å². The van der Waals surface area contributed by atoms with Gasteiger partial charge in [0.25, 0.3) is 0 Å². The number of nitriles is 1. The van der Waals surface area contributed by atoms with E-state index in [9.17, 15) is 4.39 Å². The third-order valence-corrected chi connectivity index (χ3v) is 2.48. The Kier molecular flexibility index (Phi) is 7.19. The molecule has 0 radical (unpaired) electrons. The van der Waals surface area contributed by atoms with Gasteiger partial charge in [0.1, 0.15) is 17.5 Å². The highest BCUT2D eigenvalue weighted by atomic mass is 35.5. The molecule has 0 aliphatic carbocycles. The van der Waals surface area contributed by atoms with Gasteiger partial charge in [-0.3, -0.25) is 0 Å². The van der Waals surface area contributed by atoms with Crippen LogP contribution in [-0.4, -0.2) is 24.1 Å². The van der Waals surface area contributed by atoms with Crippen LogP contribution in [0.15, 0.2) is 31.6 Å². The van der Waals surface area contributed by atoms with Crippen molar-refractivity contribution in [3.8, 4) is 6.07 Å². The fraction of sp³-hybridized carbons (Fsp3) is 0.214. The van der Waals surface area contributed by atoms with E-state index in [0.717, 1.165) is 0 Å². The molecule has 0 spiro atoms. The van der Waals surface area contributed by atoms with Crippen molar-refractivity contribution in [2.24, 2.45) is 0 Å². The smallest absolute Gasteiger partial charge is 0.165 e. The van der Waals surface area contributed by atoms with Crippen molar-refractivity contribution in [3.05, 3.63) is 48.2 Å². The van der Waals surface area contributed by atoms with E-state index in [-0.39, 0.29) is 22.1 Å². The van der Waals surface area contributed by atoms with Crippen molar-refractivity contribution in [3.63, 3.8) is 0 Å². The normalized spacial score (nSPS) is 10.1. The summed E-state index contributed by atoms with van der Waals surface area (Å²) in [4.78, 5) is 9.67. The summed E-state index contributed by atoms with van der Waals surface area (Å²) in [5, 5.41) is 8.99. The number of hydrogen-bond donors (Lipinski definition) is 0. The number of rotatable bonds is 3. The zero-order valence-electron chi connectivity index (χ0n) is 11.7. The second-order valence-electron chi connectivity index (χ2n) is 3.65. The zero-order chi connectivity index (χ0) is 15.9. The molecule has 0 aliphatic heterocycles. The van der Waals surface area contributed by atoms with Gasteiger partial charge in [-0.15, -0.1) is 13.2 Å². The van der Waals surface area contributed by atoms with Crippen LogP contribution in [0.1, 0.15) is 18.3 Å². The minimum absolute atomic E-state index is 0.00759. The molecule has 1 aromatic heterocycles. The molecule has 0 aromatic carbocycles. The third kappa shape index (κ3) is 3.90. The van der Waals surface area contributed by atoms with E-state index in [2.05, 4.69) is 29.7 Å². The van der Waals surface area contributed by atoms with Crippen molar-refractivity contribution < 1.29 is 4.39 Å². The Morgan fingerprint density at radius 2 is 1.95 bits per heavy atom. The van der Waals surface area contributed by atoms with Gasteiger partial charge >= 0.3 is 0 Å². The number of aromatic nitrogens is 2. The lowest BCUT2D eigenvalue weighted by Gasteiger charge is -2.15. The van der Waals surface area contributed by atoms with Crippen LogP contribution in [0, 0.1) is 11.3 Å². The molecule has 0 saturated heterocycles. The number of halogens is 2. The standard InChI is InChI=1S/C12H12ClFN4.C2H4/c1-5-8(7(2)14)11-16-10(13)9(6-15)12(17-11)18(3)4;1-2/h5H,2H2,1,3-4H3;1-2H2/b8-5+;. The van der Waals surface area contributed by atoms with Crippen molar-refractivity contribution >= 4 is 23.0 Å². The van der Waals surface area contributed by atoms with Gasteiger partial charge in [0.2, 0.25) is 0 Å². The highest BCUT2D eigenvalue weighted by molar-refractivity contribution is 6.31. The van der Waals surface area contributed by atoms with E-state index >= 15 is 0 Å². The number of anilines is 1. The first-order valence-electron chi connectivity index (χ1n) is 5.58. The lowest BCUT2D eigenvalue weighted by atomic mass is 10.2. The zero-order valence-corrected chi connectivity index (χ0v) is 12.5. The SMILES string of the molecule is C=C.C=C(F)/C(=C\C)c1nc(Cl)c(C#N)c(N(C)C)n1. The minimum Gasteiger partial charge on any atom is -0.361 e. The summed E-state index contributed by atoms with van der Waals surface area (Å²) in [5.74, 6) is -0.200. The van der Waals surface area contributed by atoms with E-state index in [0.29, 0.717) is 5.82 Å². The Morgan fingerprint density at radius 3 is 2.30 bits per heavy atom. The molecule has 1 rings (SSSR count). The second-order valence-corrected chi connectivity index (χ2v) is 4.01. The molecule has 20 heavy (non-hydrogen) atoms. The fourth-order valence-corrected chi connectivity index (χ4v) is 1.58. The molecule has 0 atom stereocenters. The highest BCUT2D eigenvalue weighted by Gasteiger charge is 2.17. The Balaban J connectivity index is 0.00000172. The maximum atomic E-state index is 13.2. The van der Waals surface area contributed by atoms with Gasteiger partial charge < -0.3 is 4.90 Å². The van der Waals surface area contributed by atoms with Crippen LogP contribution in [0.2, 0.25) is 5.15 Å². The van der Waals surface area contributed by atoms with Gasteiger partial charge in [0.05, 0.1) is 5.57 Å². The van der Waals surface area contributed by atoms with Crippen LogP contribution in [0.25, 0.3) is 5.57 Å². The van der Waals surface area contributed by atoms with Crippen molar-refractivity contribution in [2.45, 2.75) is 6.92 Å². The van der Waals surface area contributed by atoms with Crippen LogP contribution in [0.5, 0.6) is 0 Å². The predicted octanol–water partition coefficient (Wildman–Crippen LogP) is 3.76. The van der Waals surface area contributed by atoms with Crippen molar-refractivity contribution in [2.75, 3.05) is 19.0 Å². The minimum atomic E-state index is -0.650. The summed E-state index contributed by atoms with van der Waals surface area (Å²) in [7, 11) is 3.42. The molecule has 0 saturated carbocycles. The number of nitrogens with zero attached hydrogens (tertiary/aromatic N) is 4. The van der Waals surface area contributed by atoms with Crippen LogP contribution in [0.3, 0.4) is 0 Å². The second kappa shape index (κ2) is 8.08. The van der Waals surface area contributed by atoms with Crippen LogP contribution in [-0.2, 0) is 0 Å². The Hall–Kier alpha value is -2.19. The molecule has 1 heterocycles. The van der Waals surface area contributed by atoms with E-state index in [1.54, 1.807) is 25.9 Å².